The van der Waals surface area contributed by atoms with Gasteiger partial charge in [-0.3, -0.25) is 0 Å². The number of hydrogen-bond donors (Lipinski definition) is 1. The van der Waals surface area contributed by atoms with Crippen LogP contribution in [0.15, 0.2) is 28.4 Å². The maximum atomic E-state index is 5.22. The average molecular weight is 163 g/mol. The van der Waals surface area contributed by atoms with E-state index >= 15 is 0 Å². The van der Waals surface area contributed by atoms with Crippen molar-refractivity contribution in [2.45, 2.75) is 19.4 Å². The lowest BCUT2D eigenvalue weighted by Crippen LogP contribution is -2.43. The molecule has 1 aromatic heterocycles. The summed E-state index contributed by atoms with van der Waals surface area (Å²) < 4.78 is 5.22. The van der Waals surface area contributed by atoms with Crippen LogP contribution in [0.3, 0.4) is 0 Å². The van der Waals surface area contributed by atoms with E-state index in [-0.39, 0.29) is 0 Å². The number of furan rings is 1. The van der Waals surface area contributed by atoms with Gasteiger partial charge >= 0.3 is 0 Å². The standard InChI is InChI=1S/C10H13NO/c1-8(10-4-5-11-10)7-9-3-2-6-12-9/h2-3,6-7,10-11H,4-5H2,1H3/b8-7-. The summed E-state index contributed by atoms with van der Waals surface area (Å²) in [5.74, 6) is 0.946. The first-order chi connectivity index (χ1) is 5.86. The highest BCUT2D eigenvalue weighted by Gasteiger charge is 2.17. The molecule has 0 radical (unpaired) electrons. The first-order valence-corrected chi connectivity index (χ1v) is 4.31. The lowest BCUT2D eigenvalue weighted by Gasteiger charge is -2.28. The Morgan fingerprint density at radius 1 is 1.75 bits per heavy atom. The first kappa shape index (κ1) is 7.62. The molecule has 2 rings (SSSR count). The van der Waals surface area contributed by atoms with Crippen LogP contribution in [0.1, 0.15) is 19.1 Å². The fourth-order valence-corrected chi connectivity index (χ4v) is 1.38. The van der Waals surface area contributed by atoms with Crippen molar-refractivity contribution in [2.75, 3.05) is 6.54 Å². The van der Waals surface area contributed by atoms with Crippen molar-refractivity contribution in [3.8, 4) is 0 Å². The molecule has 0 bridgehead atoms. The van der Waals surface area contributed by atoms with Crippen LogP contribution in [0.2, 0.25) is 0 Å². The van der Waals surface area contributed by atoms with Crippen molar-refractivity contribution in [2.24, 2.45) is 0 Å². The van der Waals surface area contributed by atoms with E-state index in [1.165, 1.54) is 12.0 Å². The summed E-state index contributed by atoms with van der Waals surface area (Å²) in [5.41, 5.74) is 1.36. The second-order valence-electron chi connectivity index (χ2n) is 3.20. The van der Waals surface area contributed by atoms with E-state index in [1.54, 1.807) is 6.26 Å². The van der Waals surface area contributed by atoms with Gasteiger partial charge < -0.3 is 9.73 Å². The van der Waals surface area contributed by atoms with E-state index in [9.17, 15) is 0 Å². The molecular formula is C10H13NO. The van der Waals surface area contributed by atoms with Gasteiger partial charge in [-0.05, 0) is 38.1 Å². The van der Waals surface area contributed by atoms with Gasteiger partial charge in [0.05, 0.1) is 6.26 Å². The maximum absolute atomic E-state index is 5.22. The molecule has 1 aliphatic rings. The zero-order chi connectivity index (χ0) is 8.39. The first-order valence-electron chi connectivity index (χ1n) is 4.31. The highest BCUT2D eigenvalue weighted by atomic mass is 16.3. The van der Waals surface area contributed by atoms with E-state index in [2.05, 4.69) is 18.3 Å². The average Bonchev–Trinajstić information content (AvgIpc) is 2.34. The summed E-state index contributed by atoms with van der Waals surface area (Å²) in [6, 6.07) is 4.46. The zero-order valence-corrected chi connectivity index (χ0v) is 7.21. The van der Waals surface area contributed by atoms with E-state index in [0.29, 0.717) is 6.04 Å². The summed E-state index contributed by atoms with van der Waals surface area (Å²) in [6.07, 6.45) is 5.05. The zero-order valence-electron chi connectivity index (χ0n) is 7.21. The molecule has 1 N–H and O–H groups in total. The minimum Gasteiger partial charge on any atom is -0.465 e. The third-order valence-corrected chi connectivity index (χ3v) is 2.29. The van der Waals surface area contributed by atoms with Crippen LogP contribution in [0, 0.1) is 0 Å². The van der Waals surface area contributed by atoms with Gasteiger partial charge in [0, 0.05) is 6.04 Å². The van der Waals surface area contributed by atoms with E-state index in [4.69, 9.17) is 4.42 Å². The van der Waals surface area contributed by atoms with E-state index in [0.717, 1.165) is 12.3 Å². The Morgan fingerprint density at radius 3 is 3.08 bits per heavy atom. The molecular weight excluding hydrogens is 150 g/mol. The predicted molar refractivity (Wildman–Crippen MR) is 48.8 cm³/mol. The van der Waals surface area contributed by atoms with E-state index < -0.39 is 0 Å². The number of rotatable bonds is 2. The summed E-state index contributed by atoms with van der Waals surface area (Å²) in [6.45, 7) is 3.29. The molecule has 0 amide bonds. The largest absolute Gasteiger partial charge is 0.465 e. The SMILES string of the molecule is C/C(=C/c1ccco1)C1CCN1. The molecule has 2 heterocycles. The molecule has 1 saturated heterocycles. The molecule has 1 aliphatic heterocycles. The smallest absolute Gasteiger partial charge is 0.126 e. The Hall–Kier alpha value is -1.02. The van der Waals surface area contributed by atoms with Crippen molar-refractivity contribution in [3.05, 3.63) is 29.7 Å². The molecule has 2 heteroatoms. The summed E-state index contributed by atoms with van der Waals surface area (Å²) in [7, 11) is 0. The lowest BCUT2D eigenvalue weighted by molar-refractivity contribution is 0.419. The molecule has 1 atom stereocenters. The Balaban J connectivity index is 2.07. The maximum Gasteiger partial charge on any atom is 0.126 e. The monoisotopic (exact) mass is 163 g/mol. The number of hydrogen-bond acceptors (Lipinski definition) is 2. The van der Waals surface area contributed by atoms with Crippen LogP contribution in [0.25, 0.3) is 6.08 Å². The second-order valence-corrected chi connectivity index (χ2v) is 3.20. The highest BCUT2D eigenvalue weighted by Crippen LogP contribution is 2.16. The molecule has 64 valence electrons. The van der Waals surface area contributed by atoms with E-state index in [1.807, 2.05) is 12.1 Å². The van der Waals surface area contributed by atoms with Crippen molar-refractivity contribution in [1.29, 1.82) is 0 Å². The van der Waals surface area contributed by atoms with Crippen LogP contribution in [0.4, 0.5) is 0 Å². The topological polar surface area (TPSA) is 25.2 Å². The third kappa shape index (κ3) is 1.43. The van der Waals surface area contributed by atoms with Crippen molar-refractivity contribution >= 4 is 6.08 Å². The van der Waals surface area contributed by atoms with Gasteiger partial charge in [-0.2, -0.15) is 0 Å². The molecule has 1 unspecified atom stereocenters. The summed E-state index contributed by atoms with van der Waals surface area (Å²) in [5, 5.41) is 3.35. The Labute approximate surface area is 72.3 Å². The normalized spacial score (nSPS) is 23.8. The molecule has 0 saturated carbocycles. The predicted octanol–water partition coefficient (Wildman–Crippen LogP) is 2.04. The molecule has 1 fully saturated rings. The Kier molecular flexibility index (Phi) is 2.00. The lowest BCUT2D eigenvalue weighted by atomic mass is 9.99. The van der Waals surface area contributed by atoms with Crippen molar-refractivity contribution < 1.29 is 4.42 Å². The molecule has 0 aliphatic carbocycles. The quantitative estimate of drug-likeness (QED) is 0.721. The van der Waals surface area contributed by atoms with Crippen LogP contribution < -0.4 is 5.32 Å². The minimum atomic E-state index is 0.579. The van der Waals surface area contributed by atoms with Gasteiger partial charge in [-0.15, -0.1) is 0 Å². The minimum absolute atomic E-state index is 0.579. The molecule has 12 heavy (non-hydrogen) atoms. The summed E-state index contributed by atoms with van der Waals surface area (Å²) >= 11 is 0. The number of nitrogens with one attached hydrogen (secondary N) is 1. The fourth-order valence-electron chi connectivity index (χ4n) is 1.38. The fraction of sp³-hybridized carbons (Fsp3) is 0.400. The van der Waals surface area contributed by atoms with Crippen molar-refractivity contribution in [1.82, 2.24) is 5.32 Å². The van der Waals surface area contributed by atoms with Crippen LogP contribution in [0.5, 0.6) is 0 Å². The van der Waals surface area contributed by atoms with Gasteiger partial charge in [0.2, 0.25) is 0 Å². The molecule has 0 aromatic carbocycles. The van der Waals surface area contributed by atoms with Gasteiger partial charge in [0.1, 0.15) is 5.76 Å². The Bertz CT molecular complexity index is 270. The molecule has 2 nitrogen and oxygen atoms in total. The van der Waals surface area contributed by atoms with Crippen LogP contribution in [-0.4, -0.2) is 12.6 Å². The second kappa shape index (κ2) is 3.15. The summed E-state index contributed by atoms with van der Waals surface area (Å²) in [4.78, 5) is 0. The van der Waals surface area contributed by atoms with Gasteiger partial charge in [0.15, 0.2) is 0 Å². The van der Waals surface area contributed by atoms with Crippen molar-refractivity contribution in [3.63, 3.8) is 0 Å². The van der Waals surface area contributed by atoms with Gasteiger partial charge in [0.25, 0.3) is 0 Å². The van der Waals surface area contributed by atoms with Crippen LogP contribution in [-0.2, 0) is 0 Å². The molecule has 1 aromatic rings. The van der Waals surface area contributed by atoms with Crippen LogP contribution >= 0.6 is 0 Å². The molecule has 0 spiro atoms. The van der Waals surface area contributed by atoms with Gasteiger partial charge in [-0.25, -0.2) is 0 Å². The highest BCUT2D eigenvalue weighted by molar-refractivity contribution is 5.48. The third-order valence-electron chi connectivity index (χ3n) is 2.29. The Morgan fingerprint density at radius 2 is 2.58 bits per heavy atom. The van der Waals surface area contributed by atoms with Gasteiger partial charge in [-0.1, -0.05) is 5.57 Å².